The fourth-order valence-corrected chi connectivity index (χ4v) is 4.61. The van der Waals surface area contributed by atoms with Crippen LogP contribution in [0.5, 0.6) is 5.75 Å². The Balaban J connectivity index is 1.72. The Morgan fingerprint density at radius 1 is 1.24 bits per heavy atom. The molecule has 0 bridgehead atoms. The van der Waals surface area contributed by atoms with Crippen LogP contribution in [0.1, 0.15) is 53.7 Å². The monoisotopic (exact) mass is 414 g/mol. The van der Waals surface area contributed by atoms with E-state index in [0.29, 0.717) is 24.3 Å². The van der Waals surface area contributed by atoms with Gasteiger partial charge in [0.05, 0.1) is 29.9 Å². The molecule has 2 N–H and O–H groups in total. The predicted octanol–water partition coefficient (Wildman–Crippen LogP) is 4.47. The van der Waals surface area contributed by atoms with Gasteiger partial charge < -0.3 is 19.7 Å². The molecule has 4 atom stereocenters. The molecular formula is C24H27ClO4. The smallest absolute Gasteiger partial charge is 0.142 e. The van der Waals surface area contributed by atoms with Gasteiger partial charge in [-0.05, 0) is 35.6 Å². The molecule has 4 unspecified atom stereocenters. The standard InChI is InChI=1S/C24H27ClO4/c1-3-15-4-6-16(7-5-15)9-17-10-20(21-8-14(2)28-24(21)23(17)25)22-12-18(27)11-19(13-26)29-22/h3-7,10,14,18-19,22,26-27H,1,8-9,11-13H2,2H3. The van der Waals surface area contributed by atoms with Gasteiger partial charge in [-0.3, -0.25) is 0 Å². The van der Waals surface area contributed by atoms with E-state index in [1.165, 1.54) is 0 Å². The highest BCUT2D eigenvalue weighted by Crippen LogP contribution is 2.45. The van der Waals surface area contributed by atoms with Gasteiger partial charge >= 0.3 is 0 Å². The third kappa shape index (κ3) is 4.22. The van der Waals surface area contributed by atoms with Gasteiger partial charge in [0.15, 0.2) is 0 Å². The fourth-order valence-electron chi connectivity index (χ4n) is 4.33. The highest BCUT2D eigenvalue weighted by Gasteiger charge is 2.35. The van der Waals surface area contributed by atoms with Crippen molar-refractivity contribution in [1.29, 1.82) is 0 Å². The molecule has 1 fully saturated rings. The highest BCUT2D eigenvalue weighted by atomic mass is 35.5. The van der Waals surface area contributed by atoms with E-state index in [2.05, 4.69) is 24.8 Å². The van der Waals surface area contributed by atoms with Crippen LogP contribution in [0.3, 0.4) is 0 Å². The Labute approximate surface area is 176 Å². The minimum absolute atomic E-state index is 0.0468. The lowest BCUT2D eigenvalue weighted by Gasteiger charge is -2.33. The van der Waals surface area contributed by atoms with E-state index in [1.54, 1.807) is 0 Å². The molecule has 4 rings (SSSR count). The zero-order valence-electron chi connectivity index (χ0n) is 16.6. The number of aliphatic hydroxyl groups is 2. The van der Waals surface area contributed by atoms with Gasteiger partial charge in [0.2, 0.25) is 0 Å². The van der Waals surface area contributed by atoms with Crippen molar-refractivity contribution in [3.05, 3.63) is 69.8 Å². The number of hydrogen-bond donors (Lipinski definition) is 2. The summed E-state index contributed by atoms with van der Waals surface area (Å²) >= 11 is 6.75. The molecule has 29 heavy (non-hydrogen) atoms. The van der Waals surface area contributed by atoms with Gasteiger partial charge in [0.25, 0.3) is 0 Å². The van der Waals surface area contributed by atoms with Crippen LogP contribution in [0.4, 0.5) is 0 Å². The lowest BCUT2D eigenvalue weighted by molar-refractivity contribution is -0.114. The van der Waals surface area contributed by atoms with Crippen molar-refractivity contribution >= 4 is 17.7 Å². The first-order valence-corrected chi connectivity index (χ1v) is 10.5. The topological polar surface area (TPSA) is 58.9 Å². The average Bonchev–Trinajstić information content (AvgIpc) is 3.12. The fraction of sp³-hybridized carbons (Fsp3) is 0.417. The van der Waals surface area contributed by atoms with Crippen molar-refractivity contribution in [2.24, 2.45) is 0 Å². The predicted molar refractivity (Wildman–Crippen MR) is 115 cm³/mol. The number of hydrogen-bond acceptors (Lipinski definition) is 4. The lowest BCUT2D eigenvalue weighted by atomic mass is 9.89. The second kappa shape index (κ2) is 8.49. The molecule has 0 aromatic heterocycles. The SMILES string of the molecule is C=Cc1ccc(Cc2cc(C3CC(O)CC(CO)O3)c3c(c2Cl)OC(C)C3)cc1. The largest absolute Gasteiger partial charge is 0.488 e. The normalized spacial score (nSPS) is 26.1. The number of fused-ring (bicyclic) bond motifs is 1. The minimum Gasteiger partial charge on any atom is -0.488 e. The zero-order valence-corrected chi connectivity index (χ0v) is 17.4. The molecule has 154 valence electrons. The second-order valence-electron chi connectivity index (χ2n) is 8.06. The quantitative estimate of drug-likeness (QED) is 0.757. The van der Waals surface area contributed by atoms with Crippen molar-refractivity contribution in [3.8, 4) is 5.75 Å². The Morgan fingerprint density at radius 3 is 2.69 bits per heavy atom. The van der Waals surface area contributed by atoms with Crippen molar-refractivity contribution in [3.63, 3.8) is 0 Å². The molecule has 0 aliphatic carbocycles. The third-order valence-electron chi connectivity index (χ3n) is 5.78. The lowest BCUT2D eigenvalue weighted by Crippen LogP contribution is -2.33. The number of benzene rings is 2. The van der Waals surface area contributed by atoms with Crippen LogP contribution < -0.4 is 4.74 Å². The summed E-state index contributed by atoms with van der Waals surface area (Å²) in [4.78, 5) is 0. The highest BCUT2D eigenvalue weighted by molar-refractivity contribution is 6.33. The summed E-state index contributed by atoms with van der Waals surface area (Å²) in [6.07, 6.45) is 3.14. The molecule has 5 heteroatoms. The van der Waals surface area contributed by atoms with E-state index in [1.807, 2.05) is 25.1 Å². The summed E-state index contributed by atoms with van der Waals surface area (Å²) in [6, 6.07) is 10.3. The molecule has 0 radical (unpaired) electrons. The van der Waals surface area contributed by atoms with E-state index in [4.69, 9.17) is 21.1 Å². The van der Waals surface area contributed by atoms with Crippen LogP contribution >= 0.6 is 11.6 Å². The zero-order chi connectivity index (χ0) is 20.5. The average molecular weight is 415 g/mol. The van der Waals surface area contributed by atoms with Crippen LogP contribution in [0.15, 0.2) is 36.9 Å². The van der Waals surface area contributed by atoms with Gasteiger partial charge in [0, 0.05) is 24.8 Å². The molecule has 4 nitrogen and oxygen atoms in total. The van der Waals surface area contributed by atoms with Gasteiger partial charge in [-0.25, -0.2) is 0 Å². The van der Waals surface area contributed by atoms with Crippen LogP contribution in [-0.4, -0.2) is 35.1 Å². The Bertz CT molecular complexity index is 893. The Hall–Kier alpha value is -1.85. The van der Waals surface area contributed by atoms with Gasteiger partial charge in [-0.2, -0.15) is 0 Å². The maximum Gasteiger partial charge on any atom is 0.142 e. The van der Waals surface area contributed by atoms with Crippen molar-refractivity contribution in [2.45, 2.75) is 57.0 Å². The summed E-state index contributed by atoms with van der Waals surface area (Å²) < 4.78 is 12.2. The van der Waals surface area contributed by atoms with Gasteiger partial charge in [0.1, 0.15) is 11.9 Å². The van der Waals surface area contributed by atoms with Crippen LogP contribution in [-0.2, 0) is 17.6 Å². The molecule has 2 aliphatic rings. The Morgan fingerprint density at radius 2 is 2.00 bits per heavy atom. The van der Waals surface area contributed by atoms with E-state index in [9.17, 15) is 10.2 Å². The maximum atomic E-state index is 10.3. The summed E-state index contributed by atoms with van der Waals surface area (Å²) in [6.45, 7) is 5.73. The van der Waals surface area contributed by atoms with Gasteiger partial charge in [-0.1, -0.05) is 54.6 Å². The molecule has 0 spiro atoms. The third-order valence-corrected chi connectivity index (χ3v) is 6.20. The number of ether oxygens (including phenoxy) is 2. The summed E-state index contributed by atoms with van der Waals surface area (Å²) in [5.74, 6) is 0.735. The van der Waals surface area contributed by atoms with Crippen LogP contribution in [0.2, 0.25) is 5.02 Å². The van der Waals surface area contributed by atoms with Crippen molar-refractivity contribution in [2.75, 3.05) is 6.61 Å². The van der Waals surface area contributed by atoms with Crippen LogP contribution in [0, 0.1) is 0 Å². The molecule has 2 aromatic rings. The first-order chi connectivity index (χ1) is 14.0. The first-order valence-electron chi connectivity index (χ1n) is 10.1. The number of halogens is 1. The van der Waals surface area contributed by atoms with E-state index in [0.717, 1.165) is 40.0 Å². The molecule has 0 saturated carbocycles. The molecular weight excluding hydrogens is 388 g/mol. The molecule has 2 heterocycles. The van der Waals surface area contributed by atoms with Crippen LogP contribution in [0.25, 0.3) is 6.08 Å². The van der Waals surface area contributed by atoms with E-state index >= 15 is 0 Å². The first kappa shape index (κ1) is 20.4. The summed E-state index contributed by atoms with van der Waals surface area (Å²) in [5, 5.41) is 20.5. The van der Waals surface area contributed by atoms with E-state index in [-0.39, 0.29) is 24.9 Å². The number of rotatable bonds is 5. The summed E-state index contributed by atoms with van der Waals surface area (Å²) in [7, 11) is 0. The molecule has 1 saturated heterocycles. The molecule has 2 aliphatic heterocycles. The Kier molecular flexibility index (Phi) is 5.98. The number of aliphatic hydroxyl groups excluding tert-OH is 2. The van der Waals surface area contributed by atoms with E-state index < -0.39 is 6.10 Å². The van der Waals surface area contributed by atoms with Gasteiger partial charge in [-0.15, -0.1) is 0 Å². The minimum atomic E-state index is -0.494. The summed E-state index contributed by atoms with van der Waals surface area (Å²) in [5.41, 5.74) is 5.27. The molecule has 2 aromatic carbocycles. The van der Waals surface area contributed by atoms with Crippen molar-refractivity contribution < 1.29 is 19.7 Å². The maximum absolute atomic E-state index is 10.3. The second-order valence-corrected chi connectivity index (χ2v) is 8.43. The molecule has 0 amide bonds. The van der Waals surface area contributed by atoms with Crippen molar-refractivity contribution in [1.82, 2.24) is 0 Å².